The van der Waals surface area contributed by atoms with Crippen molar-refractivity contribution >= 4 is 23.6 Å². The number of ether oxygens (including phenoxy) is 1. The maximum Gasteiger partial charge on any atom is 0.412 e. The van der Waals surface area contributed by atoms with Crippen molar-refractivity contribution in [1.29, 1.82) is 0 Å². The minimum Gasteiger partial charge on any atom is -0.443 e. The molecule has 1 aliphatic carbocycles. The molecule has 0 atom stereocenters. The van der Waals surface area contributed by atoms with Gasteiger partial charge in [0.2, 0.25) is 0 Å². The largest absolute Gasteiger partial charge is 0.443 e. The lowest BCUT2D eigenvalue weighted by Gasteiger charge is -2.11. The Labute approximate surface area is 200 Å². The van der Waals surface area contributed by atoms with E-state index in [-0.39, 0.29) is 23.9 Å². The first-order chi connectivity index (χ1) is 16.9. The molecule has 3 N–H and O–H groups in total. The predicted molar refractivity (Wildman–Crippen MR) is 125 cm³/mol. The van der Waals surface area contributed by atoms with Crippen molar-refractivity contribution < 1.29 is 23.5 Å². The van der Waals surface area contributed by atoms with Gasteiger partial charge >= 0.3 is 6.09 Å². The van der Waals surface area contributed by atoms with Crippen LogP contribution in [0.5, 0.6) is 0 Å². The van der Waals surface area contributed by atoms with Gasteiger partial charge in [0.15, 0.2) is 5.69 Å². The van der Waals surface area contributed by atoms with Crippen LogP contribution in [0, 0.1) is 11.7 Å². The number of rotatable bonds is 9. The van der Waals surface area contributed by atoms with Crippen LogP contribution in [-0.2, 0) is 11.3 Å². The number of hydrogen-bond acceptors (Lipinski definition) is 6. The molecule has 0 aliphatic heterocycles. The van der Waals surface area contributed by atoms with Crippen molar-refractivity contribution in [1.82, 2.24) is 25.6 Å². The van der Waals surface area contributed by atoms with Gasteiger partial charge in [-0.25, -0.2) is 13.9 Å². The van der Waals surface area contributed by atoms with Crippen molar-refractivity contribution in [3.8, 4) is 5.69 Å². The van der Waals surface area contributed by atoms with E-state index in [0.717, 1.165) is 12.8 Å². The summed E-state index contributed by atoms with van der Waals surface area (Å²) >= 11 is 0. The van der Waals surface area contributed by atoms with Crippen LogP contribution >= 0.6 is 0 Å². The molecule has 0 saturated heterocycles. The van der Waals surface area contributed by atoms with E-state index in [9.17, 15) is 18.8 Å². The Morgan fingerprint density at radius 2 is 1.74 bits per heavy atom. The van der Waals surface area contributed by atoms with E-state index >= 15 is 0 Å². The average Bonchev–Trinajstić information content (AvgIpc) is 3.60. The van der Waals surface area contributed by atoms with Gasteiger partial charge in [-0.15, -0.1) is 5.10 Å². The summed E-state index contributed by atoms with van der Waals surface area (Å²) in [5.74, 6) is -0.589. The molecular formula is C24H25FN6O4. The molecule has 3 aromatic rings. The quantitative estimate of drug-likeness (QED) is 0.432. The second kappa shape index (κ2) is 10.8. The molecule has 10 nitrogen and oxygen atoms in total. The number of nitrogens with zero attached hydrogens (tertiary/aromatic N) is 3. The minimum absolute atomic E-state index is 0.0352. The van der Waals surface area contributed by atoms with Gasteiger partial charge in [0.25, 0.3) is 11.8 Å². The van der Waals surface area contributed by atoms with Crippen molar-refractivity contribution in [3.05, 3.63) is 71.3 Å². The van der Waals surface area contributed by atoms with Crippen molar-refractivity contribution in [2.75, 3.05) is 18.4 Å². The molecule has 1 fully saturated rings. The molecule has 4 rings (SSSR count). The molecule has 1 aromatic heterocycles. The monoisotopic (exact) mass is 480 g/mol. The number of amides is 3. The summed E-state index contributed by atoms with van der Waals surface area (Å²) in [6, 6.07) is 11.8. The zero-order valence-electron chi connectivity index (χ0n) is 19.1. The summed E-state index contributed by atoms with van der Waals surface area (Å²) in [6.45, 7) is 2.57. The number of carbonyl (C=O) groups excluding carboxylic acids is 3. The normalized spacial score (nSPS) is 12.6. The zero-order chi connectivity index (χ0) is 24.8. The molecule has 1 heterocycles. The van der Waals surface area contributed by atoms with E-state index < -0.39 is 17.8 Å². The van der Waals surface area contributed by atoms with Crippen LogP contribution in [0.15, 0.2) is 48.5 Å². The van der Waals surface area contributed by atoms with Crippen LogP contribution in [0.25, 0.3) is 5.69 Å². The first-order valence-electron chi connectivity index (χ1n) is 11.3. The van der Waals surface area contributed by atoms with E-state index in [1.165, 1.54) is 28.9 Å². The van der Waals surface area contributed by atoms with Crippen LogP contribution in [0.4, 0.5) is 14.9 Å². The lowest BCUT2D eigenvalue weighted by molar-refractivity contribution is 0.0938. The summed E-state index contributed by atoms with van der Waals surface area (Å²) in [5, 5.41) is 16.2. The van der Waals surface area contributed by atoms with Gasteiger partial charge in [0.1, 0.15) is 18.1 Å². The molecule has 1 aliphatic rings. The first kappa shape index (κ1) is 23.9. The number of aromatic nitrogens is 3. The Kier molecular flexibility index (Phi) is 7.34. The third kappa shape index (κ3) is 6.19. The second-order valence-electron chi connectivity index (χ2n) is 8.06. The number of hydrogen-bond donors (Lipinski definition) is 3. The average molecular weight is 481 g/mol. The minimum atomic E-state index is -0.791. The molecule has 0 spiro atoms. The zero-order valence-corrected chi connectivity index (χ0v) is 19.1. The Hall–Kier alpha value is -4.28. The second-order valence-corrected chi connectivity index (χ2v) is 8.06. The number of carbonyl (C=O) groups is 3. The van der Waals surface area contributed by atoms with Crippen molar-refractivity contribution in [3.63, 3.8) is 0 Å². The Bertz CT molecular complexity index is 1210. The van der Waals surface area contributed by atoms with Crippen LogP contribution in [0.2, 0.25) is 0 Å². The van der Waals surface area contributed by atoms with Gasteiger partial charge in [-0.05, 0) is 74.2 Å². The van der Waals surface area contributed by atoms with Crippen molar-refractivity contribution in [2.45, 2.75) is 26.4 Å². The molecule has 35 heavy (non-hydrogen) atoms. The maximum absolute atomic E-state index is 13.1. The highest BCUT2D eigenvalue weighted by Crippen LogP contribution is 2.27. The van der Waals surface area contributed by atoms with E-state index in [1.54, 1.807) is 24.3 Å². The smallest absolute Gasteiger partial charge is 0.412 e. The lowest BCUT2D eigenvalue weighted by Crippen LogP contribution is -2.27. The van der Waals surface area contributed by atoms with E-state index in [1.807, 2.05) is 6.92 Å². The third-order valence-corrected chi connectivity index (χ3v) is 5.37. The van der Waals surface area contributed by atoms with Gasteiger partial charge < -0.3 is 15.4 Å². The van der Waals surface area contributed by atoms with Crippen LogP contribution < -0.4 is 16.0 Å². The summed E-state index contributed by atoms with van der Waals surface area (Å²) in [7, 11) is 0. The third-order valence-electron chi connectivity index (χ3n) is 5.37. The van der Waals surface area contributed by atoms with Gasteiger partial charge in [0.05, 0.1) is 5.69 Å². The van der Waals surface area contributed by atoms with E-state index in [0.29, 0.717) is 35.9 Å². The van der Waals surface area contributed by atoms with Gasteiger partial charge in [0, 0.05) is 24.3 Å². The molecular weight excluding hydrogens is 455 g/mol. The predicted octanol–water partition coefficient (Wildman–Crippen LogP) is 3.04. The molecule has 0 unspecified atom stereocenters. The van der Waals surface area contributed by atoms with Crippen LogP contribution in [-0.4, -0.2) is 46.0 Å². The highest BCUT2D eigenvalue weighted by atomic mass is 19.1. The molecule has 0 radical (unpaired) electrons. The van der Waals surface area contributed by atoms with Crippen LogP contribution in [0.3, 0.4) is 0 Å². The number of anilines is 1. The molecule has 2 aromatic carbocycles. The van der Waals surface area contributed by atoms with Crippen molar-refractivity contribution in [2.24, 2.45) is 5.92 Å². The number of halogens is 1. The molecule has 3 amide bonds. The highest BCUT2D eigenvalue weighted by molar-refractivity contribution is 5.94. The Balaban J connectivity index is 1.53. The fourth-order valence-corrected chi connectivity index (χ4v) is 3.30. The maximum atomic E-state index is 13.1. The van der Waals surface area contributed by atoms with Gasteiger partial charge in [-0.2, -0.15) is 0 Å². The molecule has 1 saturated carbocycles. The fraction of sp³-hybridized carbons (Fsp3) is 0.292. The first-order valence-corrected chi connectivity index (χ1v) is 11.3. The molecule has 182 valence electrons. The highest BCUT2D eigenvalue weighted by Gasteiger charge is 2.26. The Morgan fingerprint density at radius 3 is 2.40 bits per heavy atom. The fourth-order valence-electron chi connectivity index (χ4n) is 3.30. The van der Waals surface area contributed by atoms with Gasteiger partial charge in [-0.3, -0.25) is 14.9 Å². The Morgan fingerprint density at radius 1 is 1.03 bits per heavy atom. The molecule has 0 bridgehead atoms. The summed E-state index contributed by atoms with van der Waals surface area (Å²) in [5.41, 5.74) is 1.65. The SMILES string of the molecule is CCNC(=O)c1ccc(-n2nnc(C(=O)NCC3CC3)c2COC(=O)Nc2ccc(F)cc2)cc1. The summed E-state index contributed by atoms with van der Waals surface area (Å²) in [4.78, 5) is 37.1. The lowest BCUT2D eigenvalue weighted by atomic mass is 10.2. The standard InChI is InChI=1S/C24H25FN6O4/c1-2-26-22(32)16-5-11-19(12-6-16)31-20(21(29-30-31)23(33)27-13-15-3-4-15)14-35-24(34)28-18-9-7-17(25)8-10-18/h5-12,15H,2-4,13-14H2,1H3,(H,26,32)(H,27,33)(H,28,34). The van der Waals surface area contributed by atoms with E-state index in [4.69, 9.17) is 4.74 Å². The van der Waals surface area contributed by atoms with Gasteiger partial charge in [-0.1, -0.05) is 5.21 Å². The van der Waals surface area contributed by atoms with E-state index in [2.05, 4.69) is 26.3 Å². The summed E-state index contributed by atoms with van der Waals surface area (Å²) < 4.78 is 19.8. The summed E-state index contributed by atoms with van der Waals surface area (Å²) in [6.07, 6.45) is 1.36. The number of benzene rings is 2. The topological polar surface area (TPSA) is 127 Å². The molecule has 11 heteroatoms. The van der Waals surface area contributed by atoms with Crippen LogP contribution in [0.1, 0.15) is 46.3 Å². The number of nitrogens with one attached hydrogen (secondary N) is 3.